The van der Waals surface area contributed by atoms with Crippen LogP contribution in [0.5, 0.6) is 0 Å². The van der Waals surface area contributed by atoms with Gasteiger partial charge in [-0.1, -0.05) is 36.7 Å². The summed E-state index contributed by atoms with van der Waals surface area (Å²) in [6.07, 6.45) is 5.07. The lowest BCUT2D eigenvalue weighted by atomic mass is 10.2. The second-order valence-electron chi connectivity index (χ2n) is 4.75. The SMILES string of the molecule is CCC1C=CCN1C(=O)c1cc2c(Cl)cccc2[nH]1. The third kappa shape index (κ3) is 2.04. The quantitative estimate of drug-likeness (QED) is 0.835. The number of amides is 1. The first-order chi connectivity index (χ1) is 9.20. The zero-order valence-corrected chi connectivity index (χ0v) is 11.4. The predicted molar refractivity (Wildman–Crippen MR) is 77.6 cm³/mol. The molecule has 4 heteroatoms. The molecule has 1 N–H and O–H groups in total. The van der Waals surface area contributed by atoms with Gasteiger partial charge in [0.15, 0.2) is 0 Å². The largest absolute Gasteiger partial charge is 0.350 e. The molecule has 98 valence electrons. The Morgan fingerprint density at radius 1 is 1.53 bits per heavy atom. The van der Waals surface area contributed by atoms with Crippen LogP contribution in [0, 0.1) is 0 Å². The van der Waals surface area contributed by atoms with Crippen molar-refractivity contribution in [1.82, 2.24) is 9.88 Å². The fourth-order valence-electron chi connectivity index (χ4n) is 2.55. The Bertz CT molecular complexity index is 659. The van der Waals surface area contributed by atoms with Crippen molar-refractivity contribution in [1.29, 1.82) is 0 Å². The van der Waals surface area contributed by atoms with Crippen molar-refractivity contribution < 1.29 is 4.79 Å². The molecule has 3 nitrogen and oxygen atoms in total. The summed E-state index contributed by atoms with van der Waals surface area (Å²) < 4.78 is 0. The second kappa shape index (κ2) is 4.74. The van der Waals surface area contributed by atoms with Crippen LogP contribution in [-0.2, 0) is 0 Å². The number of halogens is 1. The average molecular weight is 275 g/mol. The minimum atomic E-state index is 0.0316. The third-order valence-corrected chi connectivity index (χ3v) is 3.91. The highest BCUT2D eigenvalue weighted by Crippen LogP contribution is 2.25. The fourth-order valence-corrected chi connectivity index (χ4v) is 2.78. The predicted octanol–water partition coefficient (Wildman–Crippen LogP) is 3.61. The van der Waals surface area contributed by atoms with Crippen molar-refractivity contribution in [2.75, 3.05) is 6.54 Å². The lowest BCUT2D eigenvalue weighted by molar-refractivity contribution is 0.0742. The molecule has 0 spiro atoms. The first kappa shape index (κ1) is 12.3. The van der Waals surface area contributed by atoms with Crippen LogP contribution in [0.1, 0.15) is 23.8 Å². The first-order valence-electron chi connectivity index (χ1n) is 6.45. The molecule has 0 fully saturated rings. The number of aromatic amines is 1. The summed E-state index contributed by atoms with van der Waals surface area (Å²) >= 11 is 6.13. The summed E-state index contributed by atoms with van der Waals surface area (Å²) in [7, 11) is 0. The van der Waals surface area contributed by atoms with Crippen LogP contribution < -0.4 is 0 Å². The van der Waals surface area contributed by atoms with Gasteiger partial charge in [-0.3, -0.25) is 4.79 Å². The maximum Gasteiger partial charge on any atom is 0.271 e. The van der Waals surface area contributed by atoms with Gasteiger partial charge < -0.3 is 9.88 Å². The molecule has 19 heavy (non-hydrogen) atoms. The van der Waals surface area contributed by atoms with E-state index in [0.29, 0.717) is 17.3 Å². The highest BCUT2D eigenvalue weighted by Gasteiger charge is 2.25. The summed E-state index contributed by atoms with van der Waals surface area (Å²) in [5.41, 5.74) is 1.50. The number of nitrogens with zero attached hydrogens (tertiary/aromatic N) is 1. The molecule has 1 aliphatic heterocycles. The number of H-pyrrole nitrogens is 1. The van der Waals surface area contributed by atoms with Gasteiger partial charge in [0.2, 0.25) is 0 Å². The van der Waals surface area contributed by atoms with E-state index in [1.165, 1.54) is 0 Å². The number of benzene rings is 1. The standard InChI is InChI=1S/C15H15ClN2O/c1-2-10-5-4-8-18(10)15(19)14-9-11-12(16)6-3-7-13(11)17-14/h3-7,9-10,17H,2,8H2,1H3. The number of nitrogens with one attached hydrogen (secondary N) is 1. The van der Waals surface area contributed by atoms with E-state index in [2.05, 4.69) is 18.0 Å². The van der Waals surface area contributed by atoms with Crippen LogP contribution in [0.15, 0.2) is 36.4 Å². The van der Waals surface area contributed by atoms with Crippen LogP contribution in [0.4, 0.5) is 0 Å². The van der Waals surface area contributed by atoms with E-state index >= 15 is 0 Å². The lowest BCUT2D eigenvalue weighted by Crippen LogP contribution is -2.35. The molecule has 1 aliphatic rings. The topological polar surface area (TPSA) is 36.1 Å². The van der Waals surface area contributed by atoms with E-state index in [1.807, 2.05) is 35.2 Å². The number of hydrogen-bond donors (Lipinski definition) is 1. The Morgan fingerprint density at radius 2 is 2.37 bits per heavy atom. The van der Waals surface area contributed by atoms with Crippen molar-refractivity contribution in [2.24, 2.45) is 0 Å². The average Bonchev–Trinajstić information content (AvgIpc) is 3.04. The van der Waals surface area contributed by atoms with Crippen molar-refractivity contribution in [3.05, 3.63) is 47.1 Å². The van der Waals surface area contributed by atoms with Crippen LogP contribution >= 0.6 is 11.6 Å². The van der Waals surface area contributed by atoms with Crippen LogP contribution in [0.25, 0.3) is 10.9 Å². The minimum absolute atomic E-state index is 0.0316. The molecule has 2 heterocycles. The van der Waals surface area contributed by atoms with Gasteiger partial charge in [0.1, 0.15) is 5.69 Å². The second-order valence-corrected chi connectivity index (χ2v) is 5.15. The van der Waals surface area contributed by atoms with Crippen LogP contribution in [0.2, 0.25) is 5.02 Å². The van der Waals surface area contributed by atoms with E-state index in [-0.39, 0.29) is 11.9 Å². The molecule has 0 saturated heterocycles. The molecule has 1 unspecified atom stereocenters. The zero-order valence-electron chi connectivity index (χ0n) is 10.7. The highest BCUT2D eigenvalue weighted by molar-refractivity contribution is 6.35. The monoisotopic (exact) mass is 274 g/mol. The van der Waals surface area contributed by atoms with Gasteiger partial charge >= 0.3 is 0 Å². The normalized spacial score (nSPS) is 18.4. The van der Waals surface area contributed by atoms with Gasteiger partial charge in [0.25, 0.3) is 5.91 Å². The molecule has 1 aromatic heterocycles. The summed E-state index contributed by atoms with van der Waals surface area (Å²) in [4.78, 5) is 17.5. The van der Waals surface area contributed by atoms with Gasteiger partial charge in [0.05, 0.1) is 6.04 Å². The molecule has 1 amide bonds. The smallest absolute Gasteiger partial charge is 0.271 e. The molecule has 0 radical (unpaired) electrons. The van der Waals surface area contributed by atoms with Crippen molar-refractivity contribution in [3.8, 4) is 0 Å². The maximum atomic E-state index is 12.5. The van der Waals surface area contributed by atoms with E-state index in [4.69, 9.17) is 11.6 Å². The van der Waals surface area contributed by atoms with Crippen molar-refractivity contribution in [2.45, 2.75) is 19.4 Å². The molecule has 3 rings (SSSR count). The minimum Gasteiger partial charge on any atom is -0.350 e. The Balaban J connectivity index is 1.96. The summed E-state index contributed by atoms with van der Waals surface area (Å²) in [5, 5.41) is 1.56. The van der Waals surface area contributed by atoms with Crippen molar-refractivity contribution in [3.63, 3.8) is 0 Å². The first-order valence-corrected chi connectivity index (χ1v) is 6.83. The van der Waals surface area contributed by atoms with Gasteiger partial charge in [0, 0.05) is 22.5 Å². The zero-order chi connectivity index (χ0) is 13.4. The molecular weight excluding hydrogens is 260 g/mol. The molecular formula is C15H15ClN2O. The number of fused-ring (bicyclic) bond motifs is 1. The fraction of sp³-hybridized carbons (Fsp3) is 0.267. The Morgan fingerprint density at radius 3 is 3.11 bits per heavy atom. The Hall–Kier alpha value is -1.74. The Kier molecular flexibility index (Phi) is 3.07. The summed E-state index contributed by atoms with van der Waals surface area (Å²) in [6.45, 7) is 2.77. The molecule has 0 saturated carbocycles. The number of carbonyl (C=O) groups excluding carboxylic acids is 1. The number of hydrogen-bond acceptors (Lipinski definition) is 1. The summed E-state index contributed by atoms with van der Waals surface area (Å²) in [5.74, 6) is 0.0316. The van der Waals surface area contributed by atoms with E-state index in [9.17, 15) is 4.79 Å². The maximum absolute atomic E-state index is 12.5. The molecule has 0 aliphatic carbocycles. The molecule has 1 aromatic carbocycles. The molecule has 1 atom stereocenters. The molecule has 0 bridgehead atoms. The van der Waals surface area contributed by atoms with Gasteiger partial charge in [-0.2, -0.15) is 0 Å². The van der Waals surface area contributed by atoms with Crippen molar-refractivity contribution >= 4 is 28.4 Å². The van der Waals surface area contributed by atoms with Gasteiger partial charge in [-0.05, 0) is 24.6 Å². The number of carbonyl (C=O) groups is 1. The van der Waals surface area contributed by atoms with E-state index in [0.717, 1.165) is 17.3 Å². The highest BCUT2D eigenvalue weighted by atomic mass is 35.5. The van der Waals surface area contributed by atoms with E-state index in [1.54, 1.807) is 0 Å². The van der Waals surface area contributed by atoms with E-state index < -0.39 is 0 Å². The van der Waals surface area contributed by atoms with Gasteiger partial charge in [-0.15, -0.1) is 0 Å². The van der Waals surface area contributed by atoms with Crippen LogP contribution in [0.3, 0.4) is 0 Å². The number of aromatic nitrogens is 1. The Labute approximate surface area is 116 Å². The van der Waals surface area contributed by atoms with Crippen LogP contribution in [-0.4, -0.2) is 28.4 Å². The number of rotatable bonds is 2. The lowest BCUT2D eigenvalue weighted by Gasteiger charge is -2.22. The summed E-state index contributed by atoms with van der Waals surface area (Å²) in [6, 6.07) is 7.68. The van der Waals surface area contributed by atoms with Gasteiger partial charge in [-0.25, -0.2) is 0 Å². The molecule has 2 aromatic rings. The third-order valence-electron chi connectivity index (χ3n) is 3.58.